The molecule has 1 aliphatic carbocycles. The quantitative estimate of drug-likeness (QED) is 0.173. The lowest BCUT2D eigenvalue weighted by Gasteiger charge is -2.34. The minimum absolute atomic E-state index is 0.473. The van der Waals surface area contributed by atoms with Gasteiger partial charge in [-0.3, -0.25) is 4.57 Å². The van der Waals surface area contributed by atoms with Gasteiger partial charge in [-0.1, -0.05) is 170 Å². The Balaban J connectivity index is 1.22. The Bertz CT molecular complexity index is 2650. The average Bonchev–Trinajstić information content (AvgIpc) is 3.76. The zero-order valence-corrected chi connectivity index (χ0v) is 28.5. The van der Waals surface area contributed by atoms with Crippen LogP contribution in [0.4, 0.5) is 0 Å². The molecule has 244 valence electrons. The van der Waals surface area contributed by atoms with Crippen LogP contribution < -0.4 is 0 Å². The van der Waals surface area contributed by atoms with E-state index in [0.717, 1.165) is 28.1 Å². The van der Waals surface area contributed by atoms with Crippen LogP contribution in [-0.4, -0.2) is 9.55 Å². The normalized spacial score (nSPS) is 12.8. The molecule has 2 heteroatoms. The molecule has 9 aromatic rings. The molecule has 0 amide bonds. The number of imidazole rings is 1. The van der Waals surface area contributed by atoms with E-state index < -0.39 is 5.41 Å². The molecule has 0 unspecified atom stereocenters. The Hall–Kier alpha value is -6.77. The second-order valence-electron chi connectivity index (χ2n) is 13.5. The molecule has 0 bridgehead atoms. The molecule has 8 aromatic carbocycles. The fourth-order valence-electron chi connectivity index (χ4n) is 8.44. The lowest BCUT2D eigenvalue weighted by molar-refractivity contribution is 0.769. The Morgan fingerprint density at radius 3 is 1.58 bits per heavy atom. The highest BCUT2D eigenvalue weighted by atomic mass is 15.1. The first-order valence-electron chi connectivity index (χ1n) is 17.9. The lowest BCUT2D eigenvalue weighted by Crippen LogP contribution is -2.28. The second-order valence-corrected chi connectivity index (χ2v) is 13.5. The highest BCUT2D eigenvalue weighted by Gasteiger charge is 2.46. The van der Waals surface area contributed by atoms with Gasteiger partial charge in [0, 0.05) is 11.3 Å². The van der Waals surface area contributed by atoms with Gasteiger partial charge in [-0.2, -0.15) is 0 Å². The van der Waals surface area contributed by atoms with Crippen LogP contribution in [0.2, 0.25) is 0 Å². The van der Waals surface area contributed by atoms with Gasteiger partial charge < -0.3 is 0 Å². The van der Waals surface area contributed by atoms with Crippen LogP contribution in [0.15, 0.2) is 206 Å². The van der Waals surface area contributed by atoms with Crippen LogP contribution in [0, 0.1) is 0 Å². The summed E-state index contributed by atoms with van der Waals surface area (Å²) in [7, 11) is 0. The van der Waals surface area contributed by atoms with Crippen LogP contribution in [0.25, 0.3) is 61.5 Å². The van der Waals surface area contributed by atoms with Crippen LogP contribution in [0.1, 0.15) is 22.3 Å². The van der Waals surface area contributed by atoms with Crippen molar-refractivity contribution >= 4 is 11.0 Å². The standard InChI is InChI=1S/C50H34N2/c1-5-17-35(18-6-1)42-33-44-41-25-13-14-26-45(41)50(38-19-7-2-8-20-38,39-21-9-3-10-22-39)46(44)34-43(42)36-29-31-37(32-30-36)49-51-47-27-15-16-28-48(47)52(49)40-23-11-4-12-24-40/h1-34H. The summed E-state index contributed by atoms with van der Waals surface area (Å²) in [6.07, 6.45) is 0. The molecular weight excluding hydrogens is 629 g/mol. The SMILES string of the molecule is c1ccc(-c2cc3c(cc2-c2ccc(-c4nc5ccccc5n4-c4ccccc4)cc2)C(c2ccccc2)(c2ccccc2)c2ccccc2-3)cc1. The summed E-state index contributed by atoms with van der Waals surface area (Å²) in [5, 5.41) is 0. The minimum atomic E-state index is -0.473. The number of para-hydroxylation sites is 3. The van der Waals surface area contributed by atoms with Gasteiger partial charge >= 0.3 is 0 Å². The summed E-state index contributed by atoms with van der Waals surface area (Å²) < 4.78 is 2.26. The van der Waals surface area contributed by atoms with Crippen LogP contribution >= 0.6 is 0 Å². The summed E-state index contributed by atoms with van der Waals surface area (Å²) in [6, 6.07) is 74.7. The van der Waals surface area contributed by atoms with Crippen molar-refractivity contribution in [3.63, 3.8) is 0 Å². The second kappa shape index (κ2) is 12.2. The molecule has 0 aliphatic heterocycles. The van der Waals surface area contributed by atoms with Gasteiger partial charge in [0.15, 0.2) is 0 Å². The van der Waals surface area contributed by atoms with Gasteiger partial charge in [0.2, 0.25) is 0 Å². The number of nitrogens with zero attached hydrogens (tertiary/aromatic N) is 2. The van der Waals surface area contributed by atoms with Gasteiger partial charge in [-0.25, -0.2) is 4.98 Å². The van der Waals surface area contributed by atoms with Gasteiger partial charge in [0.25, 0.3) is 0 Å². The summed E-state index contributed by atoms with van der Waals surface area (Å²) >= 11 is 0. The van der Waals surface area contributed by atoms with E-state index in [9.17, 15) is 0 Å². The van der Waals surface area contributed by atoms with Crippen molar-refractivity contribution in [3.05, 3.63) is 229 Å². The third kappa shape index (κ3) is 4.62. The summed E-state index contributed by atoms with van der Waals surface area (Å²) in [4.78, 5) is 5.15. The average molecular weight is 663 g/mol. The number of hydrogen-bond donors (Lipinski definition) is 0. The zero-order chi connectivity index (χ0) is 34.5. The number of hydrogen-bond acceptors (Lipinski definition) is 1. The lowest BCUT2D eigenvalue weighted by atomic mass is 9.67. The zero-order valence-electron chi connectivity index (χ0n) is 28.5. The molecule has 0 saturated heterocycles. The first-order chi connectivity index (χ1) is 25.8. The first-order valence-corrected chi connectivity index (χ1v) is 17.9. The maximum Gasteiger partial charge on any atom is 0.145 e. The fraction of sp³-hybridized carbons (Fsp3) is 0.0200. The van der Waals surface area contributed by atoms with Crippen molar-refractivity contribution in [3.8, 4) is 50.5 Å². The Morgan fingerprint density at radius 2 is 0.885 bits per heavy atom. The molecular formula is C50H34N2. The summed E-state index contributed by atoms with van der Waals surface area (Å²) in [5.74, 6) is 0.929. The number of aromatic nitrogens is 2. The Morgan fingerprint density at radius 1 is 0.365 bits per heavy atom. The minimum Gasteiger partial charge on any atom is -0.292 e. The Kier molecular flexibility index (Phi) is 7.07. The first kappa shape index (κ1) is 30.1. The smallest absolute Gasteiger partial charge is 0.145 e. The van der Waals surface area contributed by atoms with E-state index in [1.54, 1.807) is 0 Å². The predicted molar refractivity (Wildman–Crippen MR) is 215 cm³/mol. The molecule has 0 fully saturated rings. The highest BCUT2D eigenvalue weighted by molar-refractivity contribution is 5.95. The number of benzene rings is 8. The third-order valence-corrected chi connectivity index (χ3v) is 10.7. The van der Waals surface area contributed by atoms with E-state index in [1.807, 2.05) is 0 Å². The summed E-state index contributed by atoms with van der Waals surface area (Å²) in [6.45, 7) is 0. The highest BCUT2D eigenvalue weighted by Crippen LogP contribution is 2.58. The molecule has 52 heavy (non-hydrogen) atoms. The monoisotopic (exact) mass is 662 g/mol. The molecule has 10 rings (SSSR count). The van der Waals surface area contributed by atoms with E-state index in [2.05, 4.69) is 211 Å². The van der Waals surface area contributed by atoms with Crippen LogP contribution in [-0.2, 0) is 5.41 Å². The molecule has 0 spiro atoms. The van der Waals surface area contributed by atoms with Gasteiger partial charge in [0.05, 0.1) is 16.4 Å². The molecule has 0 radical (unpaired) electrons. The van der Waals surface area contributed by atoms with Gasteiger partial charge in [-0.05, 0) is 92.0 Å². The van der Waals surface area contributed by atoms with Crippen molar-refractivity contribution in [2.24, 2.45) is 0 Å². The van der Waals surface area contributed by atoms with Crippen molar-refractivity contribution in [2.45, 2.75) is 5.41 Å². The largest absolute Gasteiger partial charge is 0.292 e. The molecule has 0 saturated carbocycles. The summed E-state index contributed by atoms with van der Waals surface area (Å²) in [5.41, 5.74) is 16.3. The molecule has 0 N–H and O–H groups in total. The van der Waals surface area contributed by atoms with Crippen LogP contribution in [0.3, 0.4) is 0 Å². The maximum atomic E-state index is 5.15. The van der Waals surface area contributed by atoms with Gasteiger partial charge in [0.1, 0.15) is 5.82 Å². The number of rotatable bonds is 6. The molecule has 1 heterocycles. The van der Waals surface area contributed by atoms with Gasteiger partial charge in [-0.15, -0.1) is 0 Å². The van der Waals surface area contributed by atoms with Crippen molar-refractivity contribution in [1.29, 1.82) is 0 Å². The third-order valence-electron chi connectivity index (χ3n) is 10.7. The molecule has 0 atom stereocenters. The van der Waals surface area contributed by atoms with Crippen LogP contribution in [0.5, 0.6) is 0 Å². The predicted octanol–water partition coefficient (Wildman–Crippen LogP) is 12.4. The van der Waals surface area contributed by atoms with E-state index >= 15 is 0 Å². The number of fused-ring (bicyclic) bond motifs is 4. The van der Waals surface area contributed by atoms with Crippen molar-refractivity contribution < 1.29 is 0 Å². The Labute approximate surface area is 304 Å². The van der Waals surface area contributed by atoms with E-state index in [1.165, 1.54) is 55.6 Å². The molecule has 2 nitrogen and oxygen atoms in total. The molecule has 1 aliphatic rings. The van der Waals surface area contributed by atoms with Crippen molar-refractivity contribution in [1.82, 2.24) is 9.55 Å². The van der Waals surface area contributed by atoms with E-state index in [0.29, 0.717) is 0 Å². The van der Waals surface area contributed by atoms with Crippen molar-refractivity contribution in [2.75, 3.05) is 0 Å². The van der Waals surface area contributed by atoms with E-state index in [4.69, 9.17) is 4.98 Å². The van der Waals surface area contributed by atoms with E-state index in [-0.39, 0.29) is 0 Å². The maximum absolute atomic E-state index is 5.15. The molecule has 1 aromatic heterocycles. The fourth-order valence-corrected chi connectivity index (χ4v) is 8.44. The topological polar surface area (TPSA) is 17.8 Å².